The lowest BCUT2D eigenvalue weighted by atomic mass is 9.97. The van der Waals surface area contributed by atoms with Crippen LogP contribution < -0.4 is 4.90 Å². The lowest BCUT2D eigenvalue weighted by Crippen LogP contribution is -2.11. The van der Waals surface area contributed by atoms with Gasteiger partial charge < -0.3 is 13.9 Å². The van der Waals surface area contributed by atoms with Gasteiger partial charge in [0.1, 0.15) is 11.2 Å². The second kappa shape index (κ2) is 12.6. The molecule has 0 spiro atoms. The fourth-order valence-electron chi connectivity index (χ4n) is 8.53. The van der Waals surface area contributed by atoms with Crippen LogP contribution in [0.2, 0.25) is 0 Å². The summed E-state index contributed by atoms with van der Waals surface area (Å²) in [5, 5.41) is 7.10. The molecule has 0 amide bonds. The molecule has 0 aliphatic carbocycles. The SMILES string of the molecule is c1ccc(-c2ccccc2N(c2ccc3c4c(-c5ccc6ccccc6c5)cccc4n(-c4ccccc4)c3c2)c2cccc3oc4ccccc4c23)cc1. The number of para-hydroxylation sites is 3. The van der Waals surface area contributed by atoms with E-state index in [1.807, 2.05) is 6.07 Å². The van der Waals surface area contributed by atoms with E-state index in [1.54, 1.807) is 0 Å². The van der Waals surface area contributed by atoms with E-state index in [0.29, 0.717) is 0 Å². The number of hydrogen-bond acceptors (Lipinski definition) is 2. The van der Waals surface area contributed by atoms with Gasteiger partial charge in [-0.05, 0) is 88.1 Å². The van der Waals surface area contributed by atoms with Crippen LogP contribution in [0.3, 0.4) is 0 Å². The minimum atomic E-state index is 0.861. The molecule has 3 nitrogen and oxygen atoms in total. The molecule has 9 aromatic carbocycles. The quantitative estimate of drug-likeness (QED) is 0.172. The summed E-state index contributed by atoms with van der Waals surface area (Å²) in [7, 11) is 0. The molecule has 2 heterocycles. The topological polar surface area (TPSA) is 21.3 Å². The van der Waals surface area contributed by atoms with Crippen LogP contribution >= 0.6 is 0 Å². The van der Waals surface area contributed by atoms with Crippen molar-refractivity contribution in [2.45, 2.75) is 0 Å². The zero-order valence-corrected chi connectivity index (χ0v) is 29.9. The van der Waals surface area contributed by atoms with Crippen LogP contribution in [-0.2, 0) is 0 Å². The third kappa shape index (κ3) is 5.05. The van der Waals surface area contributed by atoms with Crippen molar-refractivity contribution in [3.05, 3.63) is 206 Å². The fraction of sp³-hybridized carbons (Fsp3) is 0. The van der Waals surface area contributed by atoms with Crippen LogP contribution in [0.25, 0.3) is 82.5 Å². The first-order valence-electron chi connectivity index (χ1n) is 18.8. The van der Waals surface area contributed by atoms with Gasteiger partial charge in [-0.2, -0.15) is 0 Å². The molecule has 11 aromatic rings. The number of rotatable bonds is 6. The molecule has 0 bridgehead atoms. The molecule has 2 aromatic heterocycles. The number of fused-ring (bicyclic) bond motifs is 7. The Hall–Kier alpha value is -7.36. The first kappa shape index (κ1) is 31.2. The Morgan fingerprint density at radius 3 is 1.96 bits per heavy atom. The lowest BCUT2D eigenvalue weighted by molar-refractivity contribution is 0.669. The number of furan rings is 1. The molecular formula is C52H34N2O. The van der Waals surface area contributed by atoms with Gasteiger partial charge in [-0.1, -0.05) is 146 Å². The molecule has 0 unspecified atom stereocenters. The van der Waals surface area contributed by atoms with Gasteiger partial charge in [-0.25, -0.2) is 0 Å². The first-order valence-corrected chi connectivity index (χ1v) is 18.8. The molecule has 0 aliphatic heterocycles. The van der Waals surface area contributed by atoms with Crippen molar-refractivity contribution >= 4 is 71.6 Å². The molecule has 3 heteroatoms. The van der Waals surface area contributed by atoms with Gasteiger partial charge in [-0.15, -0.1) is 0 Å². The molecule has 0 saturated heterocycles. The van der Waals surface area contributed by atoms with Crippen LogP contribution in [-0.4, -0.2) is 4.57 Å². The standard InChI is InChI=1S/C52H34N2O/c1-3-16-36(17-4-1)41-21-9-11-24-45(41)54(47-26-14-28-50-52(47)44-22-10-12-27-49(44)55-50)40-31-32-43-48(34-40)53(39-19-5-2-6-20-39)46-25-13-23-42(51(43)46)38-30-29-35-15-7-8-18-37(35)33-38/h1-34H. The van der Waals surface area contributed by atoms with Crippen LogP contribution in [0.5, 0.6) is 0 Å². The summed E-state index contributed by atoms with van der Waals surface area (Å²) >= 11 is 0. The van der Waals surface area contributed by atoms with Gasteiger partial charge in [0.15, 0.2) is 0 Å². The smallest absolute Gasteiger partial charge is 0.137 e. The van der Waals surface area contributed by atoms with E-state index >= 15 is 0 Å². The predicted octanol–water partition coefficient (Wildman–Crippen LogP) is 14.6. The normalized spacial score (nSPS) is 11.6. The van der Waals surface area contributed by atoms with Gasteiger partial charge >= 0.3 is 0 Å². The molecule has 0 N–H and O–H groups in total. The Labute approximate surface area is 318 Å². The maximum atomic E-state index is 6.47. The molecular weight excluding hydrogens is 669 g/mol. The number of nitrogens with zero attached hydrogens (tertiary/aromatic N) is 2. The largest absolute Gasteiger partial charge is 0.456 e. The van der Waals surface area contributed by atoms with E-state index in [4.69, 9.17) is 4.42 Å². The third-order valence-corrected chi connectivity index (χ3v) is 11.0. The molecule has 0 atom stereocenters. The Morgan fingerprint density at radius 1 is 0.382 bits per heavy atom. The summed E-state index contributed by atoms with van der Waals surface area (Å²) in [6, 6.07) is 74.0. The van der Waals surface area contributed by atoms with Crippen molar-refractivity contribution in [3.8, 4) is 27.9 Å². The van der Waals surface area contributed by atoms with Crippen LogP contribution in [0.15, 0.2) is 211 Å². The van der Waals surface area contributed by atoms with Gasteiger partial charge in [-0.3, -0.25) is 0 Å². The van der Waals surface area contributed by atoms with Crippen LogP contribution in [0, 0.1) is 0 Å². The zero-order valence-electron chi connectivity index (χ0n) is 29.9. The highest BCUT2D eigenvalue weighted by Gasteiger charge is 2.24. The van der Waals surface area contributed by atoms with Gasteiger partial charge in [0, 0.05) is 33.1 Å². The van der Waals surface area contributed by atoms with Crippen molar-refractivity contribution in [2.24, 2.45) is 0 Å². The fourth-order valence-corrected chi connectivity index (χ4v) is 8.53. The summed E-state index contributed by atoms with van der Waals surface area (Å²) in [5.74, 6) is 0. The Bertz CT molecular complexity index is 3210. The predicted molar refractivity (Wildman–Crippen MR) is 231 cm³/mol. The van der Waals surface area contributed by atoms with Gasteiger partial charge in [0.05, 0.1) is 27.8 Å². The highest BCUT2D eigenvalue weighted by molar-refractivity contribution is 6.18. The Morgan fingerprint density at radius 2 is 1.07 bits per heavy atom. The van der Waals surface area contributed by atoms with Crippen molar-refractivity contribution in [3.63, 3.8) is 0 Å². The van der Waals surface area contributed by atoms with E-state index < -0.39 is 0 Å². The van der Waals surface area contributed by atoms with Crippen molar-refractivity contribution in [1.82, 2.24) is 4.57 Å². The van der Waals surface area contributed by atoms with Crippen LogP contribution in [0.1, 0.15) is 0 Å². The summed E-state index contributed by atoms with van der Waals surface area (Å²) in [6.45, 7) is 0. The summed E-state index contributed by atoms with van der Waals surface area (Å²) in [5.41, 5.74) is 13.1. The number of hydrogen-bond donors (Lipinski definition) is 0. The monoisotopic (exact) mass is 702 g/mol. The molecule has 11 rings (SSSR count). The summed E-state index contributed by atoms with van der Waals surface area (Å²) < 4.78 is 8.89. The summed E-state index contributed by atoms with van der Waals surface area (Å²) in [6.07, 6.45) is 0. The average Bonchev–Trinajstić information content (AvgIpc) is 3.80. The van der Waals surface area contributed by atoms with E-state index in [9.17, 15) is 0 Å². The molecule has 0 aliphatic rings. The third-order valence-electron chi connectivity index (χ3n) is 11.0. The Kier molecular flexibility index (Phi) is 7.17. The number of anilines is 3. The van der Waals surface area contributed by atoms with E-state index in [1.165, 1.54) is 38.2 Å². The molecule has 55 heavy (non-hydrogen) atoms. The molecule has 0 saturated carbocycles. The minimum absolute atomic E-state index is 0.861. The van der Waals surface area contributed by atoms with Gasteiger partial charge in [0.2, 0.25) is 0 Å². The molecule has 258 valence electrons. The molecule has 0 radical (unpaired) electrons. The lowest BCUT2D eigenvalue weighted by Gasteiger charge is -2.28. The Balaban J connectivity index is 1.23. The number of benzene rings is 9. The summed E-state index contributed by atoms with van der Waals surface area (Å²) in [4.78, 5) is 2.42. The van der Waals surface area contributed by atoms with Gasteiger partial charge in [0.25, 0.3) is 0 Å². The second-order valence-corrected chi connectivity index (χ2v) is 14.1. The van der Waals surface area contributed by atoms with E-state index in [0.717, 1.165) is 61.3 Å². The minimum Gasteiger partial charge on any atom is -0.456 e. The zero-order chi connectivity index (χ0) is 36.3. The van der Waals surface area contributed by atoms with Crippen LogP contribution in [0.4, 0.5) is 17.1 Å². The molecule has 0 fully saturated rings. The maximum absolute atomic E-state index is 6.47. The van der Waals surface area contributed by atoms with Crippen molar-refractivity contribution < 1.29 is 4.42 Å². The second-order valence-electron chi connectivity index (χ2n) is 14.1. The maximum Gasteiger partial charge on any atom is 0.137 e. The average molecular weight is 703 g/mol. The van der Waals surface area contributed by atoms with Crippen molar-refractivity contribution in [2.75, 3.05) is 4.90 Å². The number of aromatic nitrogens is 1. The highest BCUT2D eigenvalue weighted by atomic mass is 16.3. The first-order chi connectivity index (χ1) is 27.3. The van der Waals surface area contributed by atoms with E-state index in [-0.39, 0.29) is 0 Å². The highest BCUT2D eigenvalue weighted by Crippen LogP contribution is 2.48. The van der Waals surface area contributed by atoms with Crippen molar-refractivity contribution in [1.29, 1.82) is 0 Å². The van der Waals surface area contributed by atoms with E-state index in [2.05, 4.69) is 210 Å².